The summed E-state index contributed by atoms with van der Waals surface area (Å²) in [6.45, 7) is 2.27. The Balaban J connectivity index is 1.58. The number of aliphatic carboxylic acids is 1. The molecule has 0 fully saturated rings. The van der Waals surface area contributed by atoms with Gasteiger partial charge in [0.15, 0.2) is 0 Å². The average Bonchev–Trinajstić information content (AvgIpc) is 2.85. The Bertz CT molecular complexity index is 1430. The summed E-state index contributed by atoms with van der Waals surface area (Å²) in [6, 6.07) is 22.9. The van der Waals surface area contributed by atoms with Gasteiger partial charge in [0, 0.05) is 6.42 Å². The third-order valence-corrected chi connectivity index (χ3v) is 7.48. The molecule has 34 heavy (non-hydrogen) atoms. The average molecular weight is 451 g/mol. The molecular formula is C32H34O2. The van der Waals surface area contributed by atoms with Gasteiger partial charge in [0.2, 0.25) is 0 Å². The molecule has 0 aliphatic carbocycles. The molecule has 0 radical (unpaired) electrons. The van der Waals surface area contributed by atoms with Crippen LogP contribution in [0.5, 0.6) is 0 Å². The number of benzene rings is 5. The number of carboxylic acid groups (broad SMARTS) is 1. The van der Waals surface area contributed by atoms with Gasteiger partial charge < -0.3 is 5.11 Å². The van der Waals surface area contributed by atoms with Gasteiger partial charge in [0.25, 0.3) is 0 Å². The van der Waals surface area contributed by atoms with Gasteiger partial charge >= 0.3 is 5.97 Å². The molecule has 1 N–H and O–H groups in total. The highest BCUT2D eigenvalue weighted by molar-refractivity contribution is 6.33. The zero-order valence-electron chi connectivity index (χ0n) is 20.2. The van der Waals surface area contributed by atoms with Gasteiger partial charge in [-0.2, -0.15) is 0 Å². The van der Waals surface area contributed by atoms with Gasteiger partial charge in [0.1, 0.15) is 0 Å². The molecule has 0 aliphatic rings. The van der Waals surface area contributed by atoms with E-state index in [4.69, 9.17) is 5.11 Å². The summed E-state index contributed by atoms with van der Waals surface area (Å²) < 4.78 is 0. The Labute approximate surface area is 201 Å². The molecule has 174 valence electrons. The fraction of sp³-hybridized carbons (Fsp3) is 0.344. The first-order valence-corrected chi connectivity index (χ1v) is 13.0. The van der Waals surface area contributed by atoms with E-state index in [9.17, 15) is 4.79 Å². The number of carbonyl (C=O) groups is 1. The third kappa shape index (κ3) is 4.22. The number of rotatable bonds is 11. The highest BCUT2D eigenvalue weighted by Gasteiger charge is 2.15. The van der Waals surface area contributed by atoms with E-state index >= 15 is 0 Å². The van der Waals surface area contributed by atoms with Crippen molar-refractivity contribution < 1.29 is 9.90 Å². The lowest BCUT2D eigenvalue weighted by molar-refractivity contribution is -0.137. The van der Waals surface area contributed by atoms with Crippen LogP contribution in [0.3, 0.4) is 0 Å². The highest BCUT2D eigenvalue weighted by atomic mass is 16.4. The van der Waals surface area contributed by atoms with Crippen LogP contribution >= 0.6 is 0 Å². The largest absolute Gasteiger partial charge is 0.481 e. The van der Waals surface area contributed by atoms with E-state index in [1.807, 2.05) is 0 Å². The molecule has 0 heterocycles. The minimum absolute atomic E-state index is 0.269. The molecule has 0 aromatic heterocycles. The van der Waals surface area contributed by atoms with Crippen molar-refractivity contribution in [3.63, 3.8) is 0 Å². The van der Waals surface area contributed by atoms with Crippen LogP contribution in [0.15, 0.2) is 60.7 Å². The van der Waals surface area contributed by atoms with Gasteiger partial charge in [-0.1, -0.05) is 93.3 Å². The topological polar surface area (TPSA) is 37.3 Å². The van der Waals surface area contributed by atoms with Crippen molar-refractivity contribution >= 4 is 49.1 Å². The molecule has 0 unspecified atom stereocenters. The first-order chi connectivity index (χ1) is 16.7. The van der Waals surface area contributed by atoms with E-state index in [-0.39, 0.29) is 6.42 Å². The predicted molar refractivity (Wildman–Crippen MR) is 145 cm³/mol. The maximum atomic E-state index is 10.8. The van der Waals surface area contributed by atoms with E-state index in [0.29, 0.717) is 0 Å². The lowest BCUT2D eigenvalue weighted by Crippen LogP contribution is -1.95. The Morgan fingerprint density at radius 2 is 1.06 bits per heavy atom. The van der Waals surface area contributed by atoms with Gasteiger partial charge in [-0.15, -0.1) is 0 Å². The SMILES string of the molecule is CCCCCCc1ccc2c3cccc4c(CCCCCC(=O)O)ccc(c5cccc1c25)c43. The lowest BCUT2D eigenvalue weighted by atomic mass is 9.86. The summed E-state index contributed by atoms with van der Waals surface area (Å²) in [7, 11) is 0. The monoisotopic (exact) mass is 450 g/mol. The predicted octanol–water partition coefficient (Wildman–Crippen LogP) is 9.05. The van der Waals surface area contributed by atoms with E-state index in [1.165, 1.54) is 79.9 Å². The summed E-state index contributed by atoms with van der Waals surface area (Å²) in [6.07, 6.45) is 10.3. The molecule has 5 rings (SSSR count). The number of aryl methyl sites for hydroxylation is 2. The minimum Gasteiger partial charge on any atom is -0.481 e. The van der Waals surface area contributed by atoms with Crippen LogP contribution in [0.1, 0.15) is 69.4 Å². The van der Waals surface area contributed by atoms with Gasteiger partial charge in [0.05, 0.1) is 0 Å². The molecule has 0 spiro atoms. The van der Waals surface area contributed by atoms with Crippen molar-refractivity contribution in [1.82, 2.24) is 0 Å². The van der Waals surface area contributed by atoms with Gasteiger partial charge in [-0.3, -0.25) is 4.79 Å². The summed E-state index contributed by atoms with van der Waals surface area (Å²) in [5.41, 5.74) is 2.85. The zero-order chi connectivity index (χ0) is 23.5. The fourth-order valence-electron chi connectivity index (χ4n) is 5.78. The van der Waals surface area contributed by atoms with E-state index in [0.717, 1.165) is 32.1 Å². The van der Waals surface area contributed by atoms with Crippen LogP contribution in [-0.4, -0.2) is 11.1 Å². The second-order valence-corrected chi connectivity index (χ2v) is 9.77. The standard InChI is InChI=1S/C32H34O2/c1-2-3-4-6-11-22-18-20-28-27-16-10-14-25-23(12-7-5-8-17-30(33)34)19-21-29(32(25)27)26-15-9-13-24(22)31(26)28/h9-10,13-16,18-21H,2-8,11-12,17H2,1H3,(H,33,34). The van der Waals surface area contributed by atoms with Crippen molar-refractivity contribution in [2.24, 2.45) is 0 Å². The van der Waals surface area contributed by atoms with Crippen molar-refractivity contribution in [3.05, 3.63) is 71.8 Å². The molecule has 0 atom stereocenters. The number of carboxylic acids is 1. The Morgan fingerprint density at radius 3 is 1.56 bits per heavy atom. The van der Waals surface area contributed by atoms with Crippen molar-refractivity contribution in [1.29, 1.82) is 0 Å². The van der Waals surface area contributed by atoms with Crippen LogP contribution in [-0.2, 0) is 17.6 Å². The first kappa shape index (κ1) is 22.7. The second kappa shape index (κ2) is 10.0. The molecule has 2 heteroatoms. The Hall–Kier alpha value is -3.13. The summed E-state index contributed by atoms with van der Waals surface area (Å²) >= 11 is 0. The lowest BCUT2D eigenvalue weighted by Gasteiger charge is -2.18. The molecule has 5 aromatic carbocycles. The quantitative estimate of drug-likeness (QED) is 0.124. The van der Waals surface area contributed by atoms with Crippen LogP contribution in [0, 0.1) is 0 Å². The van der Waals surface area contributed by atoms with E-state index < -0.39 is 5.97 Å². The van der Waals surface area contributed by atoms with Crippen molar-refractivity contribution in [2.75, 3.05) is 0 Å². The molecule has 0 saturated heterocycles. The number of fused-ring (bicyclic) bond motifs is 2. The number of unbranched alkanes of at least 4 members (excludes halogenated alkanes) is 5. The first-order valence-electron chi connectivity index (χ1n) is 13.0. The van der Waals surface area contributed by atoms with Crippen molar-refractivity contribution in [2.45, 2.75) is 71.1 Å². The van der Waals surface area contributed by atoms with Crippen LogP contribution in [0.4, 0.5) is 0 Å². The summed E-state index contributed by atoms with van der Waals surface area (Å²) in [5, 5.41) is 19.9. The highest BCUT2D eigenvalue weighted by Crippen LogP contribution is 2.42. The van der Waals surface area contributed by atoms with Gasteiger partial charge in [-0.25, -0.2) is 0 Å². The molecule has 0 aliphatic heterocycles. The maximum absolute atomic E-state index is 10.8. The molecule has 0 bridgehead atoms. The third-order valence-electron chi connectivity index (χ3n) is 7.48. The zero-order valence-corrected chi connectivity index (χ0v) is 20.2. The van der Waals surface area contributed by atoms with E-state index in [2.05, 4.69) is 67.6 Å². The molecule has 2 nitrogen and oxygen atoms in total. The number of hydrogen-bond acceptors (Lipinski definition) is 1. The smallest absolute Gasteiger partial charge is 0.303 e. The fourth-order valence-corrected chi connectivity index (χ4v) is 5.78. The van der Waals surface area contributed by atoms with Crippen molar-refractivity contribution in [3.8, 4) is 0 Å². The van der Waals surface area contributed by atoms with Gasteiger partial charge in [-0.05, 0) is 86.3 Å². The van der Waals surface area contributed by atoms with Crippen LogP contribution in [0.25, 0.3) is 43.1 Å². The summed E-state index contributed by atoms with van der Waals surface area (Å²) in [4.78, 5) is 10.8. The molecular weight excluding hydrogens is 416 g/mol. The molecule has 5 aromatic rings. The normalized spacial score (nSPS) is 11.9. The number of hydrogen-bond donors (Lipinski definition) is 1. The minimum atomic E-state index is -0.696. The molecule has 0 amide bonds. The van der Waals surface area contributed by atoms with Crippen LogP contribution < -0.4 is 0 Å². The Kier molecular flexibility index (Phi) is 6.67. The second-order valence-electron chi connectivity index (χ2n) is 9.77. The van der Waals surface area contributed by atoms with Crippen LogP contribution in [0.2, 0.25) is 0 Å². The molecule has 0 saturated carbocycles. The summed E-state index contributed by atoms with van der Waals surface area (Å²) in [5.74, 6) is -0.696. The maximum Gasteiger partial charge on any atom is 0.303 e. The van der Waals surface area contributed by atoms with E-state index in [1.54, 1.807) is 0 Å². The Morgan fingerprint density at radius 1 is 0.588 bits per heavy atom.